The minimum Gasteiger partial charge on any atom is -0.870 e. The van der Waals surface area contributed by atoms with Crippen LogP contribution in [0.5, 0.6) is 0 Å². The number of carbonyl (C=O) groups is 2. The summed E-state index contributed by atoms with van der Waals surface area (Å²) in [5.74, 6) is 0. The Kier molecular flexibility index (Phi) is 117. The van der Waals surface area contributed by atoms with Crippen molar-refractivity contribution in [3.05, 3.63) is 0 Å². The van der Waals surface area contributed by atoms with Gasteiger partial charge in [0.1, 0.15) is 0 Å². The molecule has 0 aromatic rings. The minimum atomic E-state index is -5.17. The van der Waals surface area contributed by atoms with E-state index in [2.05, 4.69) is 0 Å². The average Bonchev–Trinajstić information content (AvgIpc) is 1.70. The third-order valence-electron chi connectivity index (χ3n) is 0. The van der Waals surface area contributed by atoms with Crippen molar-refractivity contribution in [1.82, 2.24) is 0 Å². The van der Waals surface area contributed by atoms with Crippen LogP contribution in [0, 0.1) is 0 Å². The summed E-state index contributed by atoms with van der Waals surface area (Å²) in [7, 11) is -10.3. The molecule has 0 saturated carbocycles. The van der Waals surface area contributed by atoms with Crippen molar-refractivity contribution >= 4 is 170 Å². The number of carboxylic acid groups (broad SMARTS) is 4. The molecule has 0 heterocycles. The van der Waals surface area contributed by atoms with Gasteiger partial charge in [-0.05, 0) is 12.3 Å². The van der Waals surface area contributed by atoms with Crippen LogP contribution in [0.2, 0.25) is 0 Å². The molecule has 0 fully saturated rings. The van der Waals surface area contributed by atoms with Gasteiger partial charge in [-0.2, -0.15) is 0 Å². The van der Waals surface area contributed by atoms with Crippen molar-refractivity contribution < 1.29 is 76.0 Å². The summed E-state index contributed by atoms with van der Waals surface area (Å²) in [6.07, 6.45) is -4.67. The quantitative estimate of drug-likeness (QED) is 0.123. The molecule has 23 heteroatoms. The van der Waals surface area contributed by atoms with Crippen molar-refractivity contribution in [2.75, 3.05) is 0 Å². The maximum atomic E-state index is 8.52. The average molecular weight is 1380 g/mol. The summed E-state index contributed by atoms with van der Waals surface area (Å²) in [6, 6.07) is 0. The summed E-state index contributed by atoms with van der Waals surface area (Å²) in [6.45, 7) is 0. The minimum absolute atomic E-state index is 0. The molecule has 25 heavy (non-hydrogen) atoms. The molecule has 0 unspecified atom stereocenters. The standard InChI is InChI=1S/2CH2O3.2H2O4S.2H2O.5Pb/c2*2-1(3)4;2*1-5(2,3)4;;;;;;;/h2*(H2,2,3,4);2*(H2,1,2,3,4);2*1H2;;;;;/q;;;;;;5*+2/p-10. The normalized spacial score (nSPS) is 6.56. The Morgan fingerprint density at radius 1 is 0.480 bits per heavy atom. The van der Waals surface area contributed by atoms with Gasteiger partial charge in [0, 0.05) is 20.8 Å². The number of hydrogen-bond acceptors (Lipinski definition) is 16. The van der Waals surface area contributed by atoms with Crippen LogP contribution >= 0.6 is 0 Å². The molecule has 10 radical (unpaired) electrons. The maximum absolute atomic E-state index is 8.52. The number of hydrogen-bond donors (Lipinski definition) is 0. The van der Waals surface area contributed by atoms with Crippen molar-refractivity contribution in [3.8, 4) is 0 Å². The largest absolute Gasteiger partial charge is 2.00 e. The molecule has 138 valence electrons. The number of rotatable bonds is 0. The van der Waals surface area contributed by atoms with E-state index in [9.17, 15) is 0 Å². The van der Waals surface area contributed by atoms with Gasteiger partial charge in [-0.15, -0.1) is 0 Å². The monoisotopic (exact) mass is 1390 g/mol. The summed E-state index contributed by atoms with van der Waals surface area (Å²) in [5.41, 5.74) is 0. The van der Waals surface area contributed by atoms with Crippen molar-refractivity contribution in [3.63, 3.8) is 0 Å². The zero-order chi connectivity index (χ0) is 16.2. The third-order valence-corrected chi connectivity index (χ3v) is 0. The SMILES string of the molecule is O=C([O-])[O-].O=C([O-])[O-].O=S(=O)([O-])[O-].O=S(=O)([O-])[O-].[OH-].[OH-].[Pb+2].[Pb+2].[Pb+2].[Pb+2].[Pb+2]. The van der Waals surface area contributed by atoms with Crippen LogP contribution in [0.25, 0.3) is 0 Å². The summed E-state index contributed by atoms with van der Waals surface area (Å²) in [4.78, 5) is 16.7. The molecule has 0 aromatic heterocycles. The van der Waals surface area contributed by atoms with Crippen molar-refractivity contribution in [1.29, 1.82) is 0 Å². The fourth-order valence-corrected chi connectivity index (χ4v) is 0. The van der Waals surface area contributed by atoms with E-state index in [1.165, 1.54) is 0 Å². The van der Waals surface area contributed by atoms with Gasteiger partial charge in [0.15, 0.2) is 0 Å². The van der Waals surface area contributed by atoms with Gasteiger partial charge in [-0.25, -0.2) is 0 Å². The third kappa shape index (κ3) is 2090. The van der Waals surface area contributed by atoms with Crippen LogP contribution in [0.3, 0.4) is 0 Å². The number of carbonyl (C=O) groups excluding carboxylic acids is 2. The fourth-order valence-electron chi connectivity index (χ4n) is 0. The first-order valence-electron chi connectivity index (χ1n) is 2.56. The van der Waals surface area contributed by atoms with Gasteiger partial charge in [-0.1, -0.05) is 0 Å². The van der Waals surface area contributed by atoms with E-state index < -0.39 is 33.1 Å². The Balaban J connectivity index is -0.0000000107. The van der Waals surface area contributed by atoms with Crippen LogP contribution < -0.4 is 20.4 Å². The van der Waals surface area contributed by atoms with E-state index >= 15 is 0 Å². The van der Waals surface area contributed by atoms with Gasteiger partial charge in [0.05, 0.1) is 0 Å². The molecule has 0 spiro atoms. The van der Waals surface area contributed by atoms with E-state index in [4.69, 9.17) is 65.1 Å². The second-order valence-corrected chi connectivity index (χ2v) is 2.95. The van der Waals surface area contributed by atoms with Crippen LogP contribution in [0.4, 0.5) is 9.59 Å². The van der Waals surface area contributed by atoms with E-state index in [0.717, 1.165) is 0 Å². The molecule has 0 aliphatic heterocycles. The molecule has 0 aromatic carbocycles. The zero-order valence-corrected chi connectivity index (χ0v) is 32.0. The molecular weight excluding hydrogens is 1380 g/mol. The summed E-state index contributed by atoms with van der Waals surface area (Å²) < 4.78 is 68.2. The van der Waals surface area contributed by atoms with Gasteiger partial charge in [0.2, 0.25) is 0 Å². The predicted octanol–water partition coefficient (Wildman–Crippen LogP) is -9.83. The first-order valence-corrected chi connectivity index (χ1v) is 5.22. The van der Waals surface area contributed by atoms with Gasteiger partial charge >= 0.3 is 136 Å². The molecule has 16 nitrogen and oxygen atoms in total. The second-order valence-electron chi connectivity index (χ2n) is 1.32. The van der Waals surface area contributed by atoms with Gasteiger partial charge in [0.25, 0.3) is 0 Å². The van der Waals surface area contributed by atoms with E-state index in [1.807, 2.05) is 0 Å². The molecule has 0 saturated heterocycles. The Bertz CT molecular complexity index is 363. The molecule has 0 aliphatic carbocycles. The molecule has 0 bridgehead atoms. The van der Waals surface area contributed by atoms with Crippen molar-refractivity contribution in [2.24, 2.45) is 0 Å². The van der Waals surface area contributed by atoms with Crippen LogP contribution in [0.1, 0.15) is 0 Å². The van der Waals surface area contributed by atoms with E-state index in [0.29, 0.717) is 0 Å². The molecule has 2 N–H and O–H groups in total. The van der Waals surface area contributed by atoms with Crippen LogP contribution in [-0.2, 0) is 20.8 Å². The van der Waals surface area contributed by atoms with Crippen LogP contribution in [-0.4, -0.2) is 195 Å². The van der Waals surface area contributed by atoms with Gasteiger partial charge in [-0.3, -0.25) is 16.8 Å². The Hall–Kier alpha value is 2.81. The molecule has 0 amide bonds. The zero-order valence-electron chi connectivity index (χ0n) is 10.9. The maximum Gasteiger partial charge on any atom is 2.00 e. The second kappa shape index (κ2) is 41.2. The molecule has 0 aliphatic rings. The first-order chi connectivity index (χ1) is 7.46. The molecular formula is C2H2O16Pb5S2. The predicted molar refractivity (Wildman–Crippen MR) is 64.4 cm³/mol. The molecule has 0 atom stereocenters. The Morgan fingerprint density at radius 2 is 0.480 bits per heavy atom. The fraction of sp³-hybridized carbons (Fsp3) is 0. The van der Waals surface area contributed by atoms with E-state index in [1.54, 1.807) is 0 Å². The Labute approximate surface area is 241 Å². The van der Waals surface area contributed by atoms with Crippen molar-refractivity contribution in [2.45, 2.75) is 0 Å². The van der Waals surface area contributed by atoms with E-state index in [-0.39, 0.29) is 147 Å². The first kappa shape index (κ1) is 70.7. The Morgan fingerprint density at radius 3 is 0.480 bits per heavy atom. The van der Waals surface area contributed by atoms with Gasteiger partial charge < -0.3 is 59.2 Å². The summed E-state index contributed by atoms with van der Waals surface area (Å²) in [5, 5.41) is 33.3. The van der Waals surface area contributed by atoms with Crippen LogP contribution in [0.15, 0.2) is 0 Å². The summed E-state index contributed by atoms with van der Waals surface area (Å²) >= 11 is 0. The molecule has 0 rings (SSSR count). The smallest absolute Gasteiger partial charge is 0.870 e. The topological polar surface area (TPSA) is 347 Å².